The standard InChI is InChI=1S/C19H17F3N4OS2/c20-19(21,22)29-11-7-5-10(6-8-11)9-24-17(27)16-15(23)14-12-3-1-2-4-13(12)25-26-18(14)28-16/h5-8H,1-4,9,23H2,(H,24,27). The van der Waals surface area contributed by atoms with Gasteiger partial charge in [0.05, 0.1) is 11.4 Å². The first-order valence-electron chi connectivity index (χ1n) is 9.01. The summed E-state index contributed by atoms with van der Waals surface area (Å²) in [6, 6.07) is 5.89. The third-order valence-electron chi connectivity index (χ3n) is 4.74. The van der Waals surface area contributed by atoms with Crippen LogP contribution in [0.2, 0.25) is 0 Å². The first-order valence-corrected chi connectivity index (χ1v) is 10.6. The van der Waals surface area contributed by atoms with Gasteiger partial charge in [-0.05, 0) is 60.7 Å². The van der Waals surface area contributed by atoms with Crippen molar-refractivity contribution in [3.8, 4) is 0 Å². The average Bonchev–Trinajstić information content (AvgIpc) is 3.03. The number of nitrogens with one attached hydrogen (secondary N) is 1. The van der Waals surface area contributed by atoms with Crippen molar-refractivity contribution in [1.29, 1.82) is 0 Å². The van der Waals surface area contributed by atoms with Crippen molar-refractivity contribution in [3.05, 3.63) is 46.0 Å². The van der Waals surface area contributed by atoms with Crippen molar-refractivity contribution in [2.75, 3.05) is 5.73 Å². The molecular formula is C19H17F3N4OS2. The second-order valence-corrected chi connectivity index (χ2v) is 8.87. The Labute approximate surface area is 172 Å². The Morgan fingerprint density at radius 3 is 2.62 bits per heavy atom. The Kier molecular flexibility index (Phi) is 5.39. The van der Waals surface area contributed by atoms with Crippen LogP contribution < -0.4 is 11.1 Å². The quantitative estimate of drug-likeness (QED) is 0.578. The molecule has 29 heavy (non-hydrogen) atoms. The molecule has 0 aliphatic heterocycles. The van der Waals surface area contributed by atoms with Crippen molar-refractivity contribution in [2.24, 2.45) is 0 Å². The van der Waals surface area contributed by atoms with E-state index in [0.717, 1.165) is 42.3 Å². The summed E-state index contributed by atoms with van der Waals surface area (Å²) in [7, 11) is 0. The predicted octanol–water partition coefficient (Wildman–Crippen LogP) is 4.69. The van der Waals surface area contributed by atoms with Gasteiger partial charge in [-0.3, -0.25) is 4.79 Å². The number of nitrogens with zero attached hydrogens (tertiary/aromatic N) is 2. The molecule has 2 heterocycles. The number of carbonyl (C=O) groups is 1. The number of fused-ring (bicyclic) bond motifs is 3. The van der Waals surface area contributed by atoms with Crippen LogP contribution in [0.5, 0.6) is 0 Å². The van der Waals surface area contributed by atoms with Crippen molar-refractivity contribution in [3.63, 3.8) is 0 Å². The van der Waals surface area contributed by atoms with Crippen molar-refractivity contribution < 1.29 is 18.0 Å². The molecule has 2 aromatic heterocycles. The summed E-state index contributed by atoms with van der Waals surface area (Å²) in [4.78, 5) is 13.8. The molecule has 1 aliphatic carbocycles. The van der Waals surface area contributed by atoms with Gasteiger partial charge in [-0.25, -0.2) is 0 Å². The highest BCUT2D eigenvalue weighted by molar-refractivity contribution is 8.00. The predicted molar refractivity (Wildman–Crippen MR) is 108 cm³/mol. The maximum atomic E-state index is 12.6. The normalized spacial score (nSPS) is 14.0. The van der Waals surface area contributed by atoms with Crippen LogP contribution in [0.4, 0.5) is 18.9 Å². The minimum atomic E-state index is -4.32. The van der Waals surface area contributed by atoms with Crippen LogP contribution >= 0.6 is 23.1 Å². The highest BCUT2D eigenvalue weighted by atomic mass is 32.2. The summed E-state index contributed by atoms with van der Waals surface area (Å²) in [5, 5.41) is 12.1. The number of thioether (sulfide) groups is 1. The van der Waals surface area contributed by atoms with Crippen LogP contribution in [0.1, 0.15) is 39.3 Å². The summed E-state index contributed by atoms with van der Waals surface area (Å²) >= 11 is 1.04. The van der Waals surface area contributed by atoms with Crippen LogP contribution in [-0.2, 0) is 19.4 Å². The zero-order valence-electron chi connectivity index (χ0n) is 15.2. The van der Waals surface area contributed by atoms with E-state index in [4.69, 9.17) is 5.73 Å². The molecule has 0 radical (unpaired) electrons. The Balaban J connectivity index is 1.49. The lowest BCUT2D eigenvalue weighted by atomic mass is 9.94. The van der Waals surface area contributed by atoms with E-state index >= 15 is 0 Å². The third-order valence-corrected chi connectivity index (χ3v) is 6.57. The summed E-state index contributed by atoms with van der Waals surface area (Å²) in [5.74, 6) is -0.330. The maximum absolute atomic E-state index is 12.6. The number of hydrogen-bond donors (Lipinski definition) is 2. The van der Waals surface area contributed by atoms with E-state index in [9.17, 15) is 18.0 Å². The lowest BCUT2D eigenvalue weighted by Crippen LogP contribution is -2.22. The van der Waals surface area contributed by atoms with Crippen molar-refractivity contribution in [2.45, 2.75) is 42.6 Å². The fourth-order valence-corrected chi connectivity index (χ4v) is 4.94. The summed E-state index contributed by atoms with van der Waals surface area (Å²) < 4.78 is 37.2. The molecule has 1 amide bonds. The fraction of sp³-hybridized carbons (Fsp3) is 0.316. The number of anilines is 1. The summed E-state index contributed by atoms with van der Waals surface area (Å²) in [5.41, 5.74) is 5.13. The SMILES string of the molecule is Nc1c(C(=O)NCc2ccc(SC(F)(F)F)cc2)sc2nnc3c(c12)CCCC3. The molecule has 1 aromatic carbocycles. The topological polar surface area (TPSA) is 80.9 Å². The second kappa shape index (κ2) is 7.83. The highest BCUT2D eigenvalue weighted by Crippen LogP contribution is 2.38. The highest BCUT2D eigenvalue weighted by Gasteiger charge is 2.29. The molecule has 0 fully saturated rings. The molecule has 152 valence electrons. The van der Waals surface area contributed by atoms with E-state index < -0.39 is 5.51 Å². The number of alkyl halides is 3. The van der Waals surface area contributed by atoms with Gasteiger partial charge in [0.25, 0.3) is 5.91 Å². The van der Waals surface area contributed by atoms with Crippen molar-refractivity contribution in [1.82, 2.24) is 15.5 Å². The monoisotopic (exact) mass is 438 g/mol. The number of hydrogen-bond acceptors (Lipinski definition) is 6. The van der Waals surface area contributed by atoms with Crippen LogP contribution in [-0.4, -0.2) is 21.6 Å². The Hall–Kier alpha value is -2.33. The Bertz CT molecular complexity index is 1060. The van der Waals surface area contributed by atoms with Gasteiger partial charge in [-0.2, -0.15) is 18.3 Å². The van der Waals surface area contributed by atoms with Crippen molar-refractivity contribution >= 4 is 44.9 Å². The number of aromatic nitrogens is 2. The smallest absolute Gasteiger partial charge is 0.397 e. The van der Waals surface area contributed by atoms with Gasteiger partial charge in [-0.1, -0.05) is 12.1 Å². The van der Waals surface area contributed by atoms with Gasteiger partial charge < -0.3 is 11.1 Å². The summed E-state index contributed by atoms with van der Waals surface area (Å²) in [6.45, 7) is 0.188. The van der Waals surface area contributed by atoms with Gasteiger partial charge in [0.2, 0.25) is 0 Å². The van der Waals surface area contributed by atoms with Gasteiger partial charge >= 0.3 is 5.51 Å². The van der Waals surface area contributed by atoms with E-state index in [1.807, 2.05) is 0 Å². The molecular weight excluding hydrogens is 421 g/mol. The number of aryl methyl sites for hydroxylation is 2. The molecule has 0 spiro atoms. The van der Waals surface area contributed by atoms with Crippen LogP contribution in [0.15, 0.2) is 29.2 Å². The number of benzene rings is 1. The number of carbonyl (C=O) groups excluding carboxylic acids is 1. The molecule has 0 saturated heterocycles. The minimum absolute atomic E-state index is 0.102. The van der Waals surface area contributed by atoms with E-state index in [1.54, 1.807) is 12.1 Å². The number of nitrogen functional groups attached to an aromatic ring is 1. The number of halogens is 3. The van der Waals surface area contributed by atoms with Gasteiger partial charge in [0.1, 0.15) is 9.71 Å². The zero-order chi connectivity index (χ0) is 20.6. The van der Waals surface area contributed by atoms with Crippen LogP contribution in [0, 0.1) is 0 Å². The molecule has 4 rings (SSSR count). The maximum Gasteiger partial charge on any atom is 0.446 e. The minimum Gasteiger partial charge on any atom is -0.397 e. The van der Waals surface area contributed by atoms with E-state index in [-0.39, 0.29) is 29.1 Å². The lowest BCUT2D eigenvalue weighted by molar-refractivity contribution is -0.0328. The number of nitrogens with two attached hydrogens (primary N) is 1. The van der Waals surface area contributed by atoms with E-state index in [0.29, 0.717) is 21.0 Å². The molecule has 0 bridgehead atoms. The van der Waals surface area contributed by atoms with Gasteiger partial charge in [0, 0.05) is 16.8 Å². The largest absolute Gasteiger partial charge is 0.446 e. The molecule has 0 unspecified atom stereocenters. The van der Waals surface area contributed by atoms with Gasteiger partial charge in [-0.15, -0.1) is 16.4 Å². The molecule has 1 aliphatic rings. The third kappa shape index (κ3) is 4.32. The zero-order valence-corrected chi connectivity index (χ0v) is 16.8. The molecule has 0 saturated carbocycles. The Morgan fingerprint density at radius 1 is 1.17 bits per heavy atom. The van der Waals surface area contributed by atoms with E-state index in [2.05, 4.69) is 15.5 Å². The van der Waals surface area contributed by atoms with E-state index in [1.165, 1.54) is 23.5 Å². The summed E-state index contributed by atoms with van der Waals surface area (Å²) in [6.07, 6.45) is 3.89. The first kappa shape index (κ1) is 20.0. The molecule has 10 heteroatoms. The molecule has 3 aromatic rings. The lowest BCUT2D eigenvalue weighted by Gasteiger charge is -2.14. The number of amides is 1. The number of thiophene rings is 1. The first-order chi connectivity index (χ1) is 13.8. The average molecular weight is 439 g/mol. The molecule has 0 atom stereocenters. The fourth-order valence-electron chi connectivity index (χ4n) is 3.41. The molecule has 5 nitrogen and oxygen atoms in total. The number of rotatable bonds is 4. The molecule has 3 N–H and O–H groups in total. The Morgan fingerprint density at radius 2 is 1.90 bits per heavy atom. The van der Waals surface area contributed by atoms with Crippen LogP contribution in [0.25, 0.3) is 10.2 Å². The van der Waals surface area contributed by atoms with Crippen LogP contribution in [0.3, 0.4) is 0 Å². The second-order valence-electron chi connectivity index (χ2n) is 6.73. The van der Waals surface area contributed by atoms with Gasteiger partial charge in [0.15, 0.2) is 0 Å².